The fourth-order valence-electron chi connectivity index (χ4n) is 7.27. The van der Waals surface area contributed by atoms with Crippen LogP contribution in [-0.4, -0.2) is 23.1 Å². The van der Waals surface area contributed by atoms with Crippen LogP contribution in [0.25, 0.3) is 22.5 Å². The van der Waals surface area contributed by atoms with Crippen LogP contribution in [0.2, 0.25) is 0 Å². The minimum Gasteiger partial charge on any atom is -0.370 e. The molecule has 4 aromatic rings. The van der Waals surface area contributed by atoms with Crippen molar-refractivity contribution in [3.05, 3.63) is 94.0 Å². The number of aromatic nitrogens is 2. The van der Waals surface area contributed by atoms with Gasteiger partial charge in [0.2, 0.25) is 0 Å². The summed E-state index contributed by atoms with van der Waals surface area (Å²) < 4.78 is 0. The van der Waals surface area contributed by atoms with Crippen molar-refractivity contribution in [3.8, 4) is 22.5 Å². The van der Waals surface area contributed by atoms with Gasteiger partial charge < -0.3 is 10.6 Å². The van der Waals surface area contributed by atoms with E-state index >= 15 is 0 Å². The summed E-state index contributed by atoms with van der Waals surface area (Å²) in [5.74, 6) is 1.96. The summed E-state index contributed by atoms with van der Waals surface area (Å²) in [7, 11) is 0. The first-order chi connectivity index (χ1) is 24.0. The highest BCUT2D eigenvalue weighted by Gasteiger charge is 2.16. The molecule has 4 rings (SSSR count). The third-order valence-electron chi connectivity index (χ3n) is 9.35. The van der Waals surface area contributed by atoms with Crippen molar-refractivity contribution in [1.82, 2.24) is 9.97 Å². The van der Waals surface area contributed by atoms with Gasteiger partial charge in [0.15, 0.2) is 0 Å². The van der Waals surface area contributed by atoms with Crippen LogP contribution in [0.1, 0.15) is 133 Å². The van der Waals surface area contributed by atoms with Crippen LogP contribution in [0, 0.1) is 0 Å². The summed E-state index contributed by atoms with van der Waals surface area (Å²) in [5, 5.41) is 7.25. The van der Waals surface area contributed by atoms with E-state index in [1.54, 1.807) is 0 Å². The Kier molecular flexibility index (Phi) is 16.2. The minimum atomic E-state index is 0.928. The summed E-state index contributed by atoms with van der Waals surface area (Å²) in [6, 6.07) is 22.7. The minimum absolute atomic E-state index is 0.928. The lowest BCUT2D eigenvalue weighted by Gasteiger charge is -2.18. The second-order valence-electron chi connectivity index (χ2n) is 13.8. The first-order valence-corrected chi connectivity index (χ1v) is 19.8. The Morgan fingerprint density at radius 3 is 1.10 bits per heavy atom. The van der Waals surface area contributed by atoms with Crippen LogP contribution in [0.5, 0.6) is 0 Å². The van der Waals surface area contributed by atoms with E-state index in [1.165, 1.54) is 57.3 Å². The molecule has 0 saturated carbocycles. The molecule has 0 amide bonds. The molecular weight excluding hydrogens is 597 g/mol. The van der Waals surface area contributed by atoms with Crippen molar-refractivity contribution in [2.24, 2.45) is 0 Å². The predicted molar refractivity (Wildman–Crippen MR) is 214 cm³/mol. The molecule has 2 aromatic heterocycles. The summed E-state index contributed by atoms with van der Waals surface area (Å²) in [6.07, 6.45) is 17.0. The number of unbranched alkanes of at least 4 members (excludes halogenated alkanes) is 2. The molecule has 0 saturated heterocycles. The summed E-state index contributed by atoms with van der Waals surface area (Å²) in [4.78, 5) is 10.3. The highest BCUT2D eigenvalue weighted by molar-refractivity contribution is 5.71. The average molecular weight is 661 g/mol. The number of hydrogen-bond donors (Lipinski definition) is 2. The molecule has 0 aliphatic carbocycles. The maximum absolute atomic E-state index is 5.13. The van der Waals surface area contributed by atoms with E-state index in [9.17, 15) is 0 Å². The van der Waals surface area contributed by atoms with E-state index in [2.05, 4.69) is 113 Å². The van der Waals surface area contributed by atoms with E-state index < -0.39 is 0 Å². The zero-order valence-electron chi connectivity index (χ0n) is 31.7. The molecule has 0 fully saturated rings. The van der Waals surface area contributed by atoms with E-state index in [-0.39, 0.29) is 0 Å². The zero-order chi connectivity index (χ0) is 34.8. The molecule has 49 heavy (non-hydrogen) atoms. The van der Waals surface area contributed by atoms with Gasteiger partial charge in [0.25, 0.3) is 0 Å². The van der Waals surface area contributed by atoms with Crippen molar-refractivity contribution < 1.29 is 0 Å². The van der Waals surface area contributed by atoms with Gasteiger partial charge in [-0.1, -0.05) is 116 Å². The van der Waals surface area contributed by atoms with Crippen LogP contribution < -0.4 is 10.6 Å². The Balaban J connectivity index is 1.33. The average Bonchev–Trinajstić information content (AvgIpc) is 3.09. The molecule has 0 radical (unpaired) electrons. The molecule has 2 aromatic carbocycles. The third-order valence-corrected chi connectivity index (χ3v) is 9.35. The van der Waals surface area contributed by atoms with Gasteiger partial charge in [0, 0.05) is 24.2 Å². The van der Waals surface area contributed by atoms with Gasteiger partial charge in [-0.3, -0.25) is 0 Å². The monoisotopic (exact) mass is 661 g/mol. The Bertz CT molecular complexity index is 1400. The van der Waals surface area contributed by atoms with Gasteiger partial charge >= 0.3 is 0 Å². The molecule has 0 atom stereocenters. The van der Waals surface area contributed by atoms with Gasteiger partial charge in [0.1, 0.15) is 11.6 Å². The molecule has 4 nitrogen and oxygen atoms in total. The fraction of sp³-hybridized carbons (Fsp3) is 0.511. The predicted octanol–water partition coefficient (Wildman–Crippen LogP) is 12.2. The fourth-order valence-corrected chi connectivity index (χ4v) is 7.27. The maximum atomic E-state index is 5.13. The van der Waals surface area contributed by atoms with Gasteiger partial charge in [-0.05, 0) is 115 Å². The third kappa shape index (κ3) is 11.2. The van der Waals surface area contributed by atoms with Gasteiger partial charge in [-0.15, -0.1) is 0 Å². The summed E-state index contributed by atoms with van der Waals surface area (Å²) >= 11 is 0. The molecule has 0 unspecified atom stereocenters. The lowest BCUT2D eigenvalue weighted by Crippen LogP contribution is -2.07. The maximum Gasteiger partial charge on any atom is 0.126 e. The molecule has 4 heteroatoms. The highest BCUT2D eigenvalue weighted by Crippen LogP contribution is 2.33. The smallest absolute Gasteiger partial charge is 0.126 e. The van der Waals surface area contributed by atoms with E-state index in [0.29, 0.717) is 0 Å². The molecule has 2 N–H and O–H groups in total. The number of rotatable bonds is 22. The standard InChI is InChI=1S/C45H64N4/c1-7-18-34-30-36(20-9-3)44(37(31-34)21-10-4)40-24-16-26-42(48-40)46-28-14-13-15-29-47-43-27-17-25-41(49-43)45-38(22-11-5)32-35(19-8-2)33-39(45)23-12-6/h16-17,24-27,30-33H,7-15,18-23,28-29H2,1-6H3,(H,46,48)(H,47,49). The lowest BCUT2D eigenvalue weighted by atomic mass is 9.89. The molecule has 0 aliphatic heterocycles. The van der Waals surface area contributed by atoms with Crippen LogP contribution in [-0.2, 0) is 38.5 Å². The molecule has 0 aliphatic rings. The van der Waals surface area contributed by atoms with E-state index in [4.69, 9.17) is 9.97 Å². The Morgan fingerprint density at radius 1 is 0.429 bits per heavy atom. The van der Waals surface area contributed by atoms with Gasteiger partial charge in [-0.25, -0.2) is 9.97 Å². The topological polar surface area (TPSA) is 49.8 Å². The Labute approximate surface area is 299 Å². The van der Waals surface area contributed by atoms with Crippen LogP contribution >= 0.6 is 0 Å². The Hall–Kier alpha value is -3.66. The number of anilines is 2. The number of nitrogens with one attached hydrogen (secondary N) is 2. The first-order valence-electron chi connectivity index (χ1n) is 19.8. The highest BCUT2D eigenvalue weighted by atomic mass is 15.0. The normalized spacial score (nSPS) is 11.2. The summed E-state index contributed by atoms with van der Waals surface area (Å²) in [6.45, 7) is 15.5. The number of hydrogen-bond acceptors (Lipinski definition) is 4. The first kappa shape index (κ1) is 38.1. The molecule has 0 spiro atoms. The number of nitrogens with zero attached hydrogens (tertiary/aromatic N) is 2. The van der Waals surface area contributed by atoms with Crippen LogP contribution in [0.15, 0.2) is 60.7 Å². The molecule has 0 bridgehead atoms. The molecular formula is C45H64N4. The van der Waals surface area contributed by atoms with Crippen molar-refractivity contribution in [3.63, 3.8) is 0 Å². The largest absolute Gasteiger partial charge is 0.370 e. The second kappa shape index (κ2) is 20.8. The second-order valence-corrected chi connectivity index (χ2v) is 13.8. The van der Waals surface area contributed by atoms with Crippen LogP contribution in [0.3, 0.4) is 0 Å². The number of pyridine rings is 2. The van der Waals surface area contributed by atoms with Crippen molar-refractivity contribution in [2.75, 3.05) is 23.7 Å². The number of benzene rings is 2. The van der Waals surface area contributed by atoms with Crippen molar-refractivity contribution >= 4 is 11.6 Å². The van der Waals surface area contributed by atoms with Crippen molar-refractivity contribution in [2.45, 2.75) is 138 Å². The van der Waals surface area contributed by atoms with E-state index in [1.807, 2.05) is 0 Å². The lowest BCUT2D eigenvalue weighted by molar-refractivity contribution is 0.719. The van der Waals surface area contributed by atoms with E-state index in [0.717, 1.165) is 120 Å². The number of aryl methyl sites for hydroxylation is 6. The molecule has 2 heterocycles. The van der Waals surface area contributed by atoms with Gasteiger partial charge in [0.05, 0.1) is 11.4 Å². The molecule has 264 valence electrons. The summed E-state index contributed by atoms with van der Waals surface area (Å²) in [5.41, 5.74) is 13.8. The zero-order valence-corrected chi connectivity index (χ0v) is 31.7. The quantitative estimate of drug-likeness (QED) is 0.0824. The van der Waals surface area contributed by atoms with Crippen molar-refractivity contribution in [1.29, 1.82) is 0 Å². The van der Waals surface area contributed by atoms with Gasteiger partial charge in [-0.2, -0.15) is 0 Å². The Morgan fingerprint density at radius 2 is 0.776 bits per heavy atom. The van der Waals surface area contributed by atoms with Crippen LogP contribution in [0.4, 0.5) is 11.6 Å². The SMILES string of the molecule is CCCc1cc(CCC)c(-c2cccc(NCCCCCNc3cccc(-c4c(CCC)cc(CCC)cc4CCC)n3)n2)c(CCC)c1.